The van der Waals surface area contributed by atoms with Crippen molar-refractivity contribution in [3.8, 4) is 0 Å². The van der Waals surface area contributed by atoms with Crippen LogP contribution in [0.5, 0.6) is 0 Å². The first-order valence-corrected chi connectivity index (χ1v) is 12.0. The normalized spacial score (nSPS) is 14.2. The second-order valence-electron chi connectivity index (χ2n) is 9.79. The molecule has 1 atom stereocenters. The predicted octanol–water partition coefficient (Wildman–Crippen LogP) is 1.70. The summed E-state index contributed by atoms with van der Waals surface area (Å²) in [5.41, 5.74) is -19.5. The van der Waals surface area contributed by atoms with Crippen molar-refractivity contribution in [2.75, 3.05) is 0 Å². The van der Waals surface area contributed by atoms with Gasteiger partial charge in [0, 0.05) is 11.5 Å². The molecule has 0 spiro atoms. The summed E-state index contributed by atoms with van der Waals surface area (Å²) in [6.07, 6.45) is -28.4. The van der Waals surface area contributed by atoms with Gasteiger partial charge in [-0.05, 0) is 60.5 Å². The number of benzene rings is 3. The van der Waals surface area contributed by atoms with E-state index in [1.165, 1.54) is 0 Å². The molecule has 0 aliphatic heterocycles. The molecule has 252 valence electrons. The molecule has 0 radical (unpaired) electrons. The zero-order valence-corrected chi connectivity index (χ0v) is 24.1. The minimum absolute atomic E-state index is 0. The van der Waals surface area contributed by atoms with Crippen LogP contribution in [0.3, 0.4) is 0 Å². The summed E-state index contributed by atoms with van der Waals surface area (Å²) in [4.78, 5) is 0. The van der Waals surface area contributed by atoms with E-state index in [0.29, 0.717) is 6.07 Å². The van der Waals surface area contributed by atoms with Crippen LogP contribution in [0.25, 0.3) is 0 Å². The van der Waals surface area contributed by atoms with Crippen molar-refractivity contribution in [1.29, 1.82) is 0 Å². The molecule has 3 rings (SSSR count). The summed E-state index contributed by atoms with van der Waals surface area (Å²) in [5.74, 6) is -5.52. The van der Waals surface area contributed by atoms with E-state index in [1.807, 2.05) is 0 Å². The van der Waals surface area contributed by atoms with Crippen LogP contribution in [-0.2, 0) is 41.1 Å². The van der Waals surface area contributed by atoms with E-state index in [4.69, 9.17) is 0 Å². The number of rotatable bonds is 6. The van der Waals surface area contributed by atoms with E-state index in [2.05, 4.69) is 4.65 Å². The smallest absolute Gasteiger partial charge is 0.871 e. The van der Waals surface area contributed by atoms with Crippen molar-refractivity contribution < 1.29 is 123 Å². The Hall–Kier alpha value is -2.32. The number of halogens is 16. The summed E-state index contributed by atoms with van der Waals surface area (Å²) in [7, 11) is -3.80. The summed E-state index contributed by atoms with van der Waals surface area (Å²) in [6.45, 7) is 0.236. The van der Waals surface area contributed by atoms with Gasteiger partial charge in [0.2, 0.25) is 0 Å². The van der Waals surface area contributed by atoms with Gasteiger partial charge in [-0.1, -0.05) is 12.1 Å². The molecular weight excluding hydrogens is 689 g/mol. The SMILES string of the molecule is CC(OB([O-])[O-])(c1cccc(C(F)(F)F)c1F)C(c1cc(C(F)(F)F)cc(C(F)(F)F)c1)c1cc(C(F)(F)F)cc(C(F)(F)F)c1.[Li+].[Li+]. The molecule has 0 heterocycles. The fourth-order valence-corrected chi connectivity index (χ4v) is 4.74. The first kappa shape index (κ1) is 43.7. The molecule has 0 amide bonds. The average Bonchev–Trinajstić information content (AvgIpc) is 2.85. The zero-order chi connectivity index (χ0) is 35.4. The molecular formula is C26H13BF16Li2O3. The van der Waals surface area contributed by atoms with Crippen LogP contribution in [0.15, 0.2) is 54.6 Å². The maximum atomic E-state index is 15.5. The molecule has 1 unspecified atom stereocenters. The van der Waals surface area contributed by atoms with E-state index in [9.17, 15) is 75.9 Å². The average molecular weight is 702 g/mol. The van der Waals surface area contributed by atoms with Crippen molar-refractivity contribution in [2.24, 2.45) is 0 Å². The quantitative estimate of drug-likeness (QED) is 0.291. The van der Waals surface area contributed by atoms with Crippen molar-refractivity contribution >= 4 is 7.32 Å². The Bertz CT molecular complexity index is 1440. The minimum atomic E-state index is -5.70. The van der Waals surface area contributed by atoms with Crippen LogP contribution in [0.4, 0.5) is 70.2 Å². The molecule has 48 heavy (non-hydrogen) atoms. The molecule has 0 aliphatic carbocycles. The Labute approximate surface area is 283 Å². The van der Waals surface area contributed by atoms with Gasteiger partial charge in [-0.2, -0.15) is 65.9 Å². The largest absolute Gasteiger partial charge is 1.00 e. The number of hydrogen-bond donors (Lipinski definition) is 0. The van der Waals surface area contributed by atoms with Gasteiger partial charge in [0.15, 0.2) is 0 Å². The van der Waals surface area contributed by atoms with Crippen LogP contribution in [0.2, 0.25) is 0 Å². The van der Waals surface area contributed by atoms with Gasteiger partial charge in [-0.3, -0.25) is 0 Å². The molecule has 0 saturated carbocycles. The van der Waals surface area contributed by atoms with Crippen molar-refractivity contribution in [2.45, 2.75) is 49.3 Å². The first-order valence-electron chi connectivity index (χ1n) is 12.0. The molecule has 0 bridgehead atoms. The molecule has 0 aromatic heterocycles. The van der Waals surface area contributed by atoms with Gasteiger partial charge in [-0.15, -0.1) is 0 Å². The Morgan fingerprint density at radius 1 is 0.542 bits per heavy atom. The molecule has 0 saturated heterocycles. The van der Waals surface area contributed by atoms with Crippen LogP contribution in [0.1, 0.15) is 57.3 Å². The second kappa shape index (κ2) is 14.5. The van der Waals surface area contributed by atoms with Crippen molar-refractivity contribution in [3.63, 3.8) is 0 Å². The molecule has 0 N–H and O–H groups in total. The van der Waals surface area contributed by atoms with E-state index >= 15 is 4.39 Å². The molecule has 0 fully saturated rings. The Kier molecular flexibility index (Phi) is 13.2. The standard InChI is InChI=1S/C26H13BF16O3.2Li/c1-21(46-27(44)45,17-3-2-4-18(20(17)28)26(41,42)43)19(11-5-13(22(29,30)31)9-14(6-11)23(32,33)34)12-7-15(24(35,36)37)10-16(8-12)25(38,39)40;;/h2-10,19H,1H3;;/q-2;2*+1. The topological polar surface area (TPSA) is 55.3 Å². The Balaban J connectivity index is 0.00000576. The van der Waals surface area contributed by atoms with Gasteiger partial charge in [0.25, 0.3) is 0 Å². The van der Waals surface area contributed by atoms with E-state index in [1.54, 1.807) is 0 Å². The van der Waals surface area contributed by atoms with Crippen LogP contribution < -0.4 is 47.8 Å². The summed E-state index contributed by atoms with van der Waals surface area (Å²) in [5, 5.41) is 23.5. The van der Waals surface area contributed by atoms with E-state index in [-0.39, 0.29) is 81.0 Å². The predicted molar refractivity (Wildman–Crippen MR) is 120 cm³/mol. The number of alkyl halides is 15. The maximum absolute atomic E-state index is 15.5. The summed E-state index contributed by atoms with van der Waals surface area (Å²) >= 11 is 0. The van der Waals surface area contributed by atoms with Gasteiger partial charge < -0.3 is 14.7 Å². The van der Waals surface area contributed by atoms with Crippen LogP contribution >= 0.6 is 0 Å². The Morgan fingerprint density at radius 2 is 0.854 bits per heavy atom. The van der Waals surface area contributed by atoms with Crippen LogP contribution in [0, 0.1) is 5.82 Å². The van der Waals surface area contributed by atoms with Crippen molar-refractivity contribution in [1.82, 2.24) is 0 Å². The fourth-order valence-electron chi connectivity index (χ4n) is 4.74. The van der Waals surface area contributed by atoms with Gasteiger partial charge in [-0.25, -0.2) is 4.39 Å². The molecule has 0 aliphatic rings. The molecule has 3 aromatic rings. The fraction of sp³-hybridized carbons (Fsp3) is 0.308. The molecule has 22 heteroatoms. The third-order valence-corrected chi connectivity index (χ3v) is 6.62. The summed E-state index contributed by atoms with van der Waals surface area (Å²) in [6, 6.07) is -1.30. The first-order chi connectivity index (χ1) is 20.6. The van der Waals surface area contributed by atoms with E-state index < -0.39 is 112 Å². The molecule has 3 aromatic carbocycles. The van der Waals surface area contributed by atoms with E-state index in [0.717, 1.165) is 0 Å². The number of hydrogen-bond acceptors (Lipinski definition) is 3. The monoisotopic (exact) mass is 702 g/mol. The van der Waals surface area contributed by atoms with Gasteiger partial charge in [0.1, 0.15) is 5.82 Å². The van der Waals surface area contributed by atoms with Gasteiger partial charge >= 0.3 is 68.6 Å². The van der Waals surface area contributed by atoms with Gasteiger partial charge in [0.05, 0.1) is 40.7 Å². The van der Waals surface area contributed by atoms with Crippen molar-refractivity contribution in [3.05, 3.63) is 105 Å². The second-order valence-corrected chi connectivity index (χ2v) is 9.79. The molecule has 3 nitrogen and oxygen atoms in total. The summed E-state index contributed by atoms with van der Waals surface area (Å²) < 4.78 is 226. The zero-order valence-electron chi connectivity index (χ0n) is 24.1. The maximum Gasteiger partial charge on any atom is 1.00 e. The minimum Gasteiger partial charge on any atom is -0.871 e. The van der Waals surface area contributed by atoms with Crippen LogP contribution in [-0.4, -0.2) is 7.32 Å². The third-order valence-electron chi connectivity index (χ3n) is 6.62. The Morgan fingerprint density at radius 3 is 1.12 bits per heavy atom. The third kappa shape index (κ3) is 9.68.